The summed E-state index contributed by atoms with van der Waals surface area (Å²) >= 11 is 0. The summed E-state index contributed by atoms with van der Waals surface area (Å²) < 4.78 is 1.51. The Morgan fingerprint density at radius 1 is 1.56 bits per heavy atom. The van der Waals surface area contributed by atoms with Gasteiger partial charge < -0.3 is 11.1 Å². The van der Waals surface area contributed by atoms with Gasteiger partial charge in [-0.15, -0.1) is 0 Å². The van der Waals surface area contributed by atoms with E-state index in [1.165, 1.54) is 43.0 Å². The highest BCUT2D eigenvalue weighted by atomic mass is 16.1. The van der Waals surface area contributed by atoms with Crippen molar-refractivity contribution in [3.63, 3.8) is 0 Å². The van der Waals surface area contributed by atoms with Crippen molar-refractivity contribution < 1.29 is 4.79 Å². The number of anilines is 1. The molecule has 3 N–H and O–H groups in total. The molecule has 0 unspecified atom stereocenters. The summed E-state index contributed by atoms with van der Waals surface area (Å²) in [7, 11) is 1.73. The molecule has 1 fully saturated rings. The van der Waals surface area contributed by atoms with Gasteiger partial charge in [0.2, 0.25) is 0 Å². The summed E-state index contributed by atoms with van der Waals surface area (Å²) in [6, 6.07) is 0. The fraction of sp³-hybridized carbons (Fsp3) is 0.692. The number of aryl methyl sites for hydroxylation is 1. The lowest BCUT2D eigenvalue weighted by molar-refractivity contribution is 0.0953. The van der Waals surface area contributed by atoms with E-state index in [2.05, 4.69) is 10.4 Å². The molecule has 1 aliphatic rings. The molecule has 0 spiro atoms. The van der Waals surface area contributed by atoms with E-state index < -0.39 is 0 Å². The number of rotatable bonds is 5. The molecule has 1 aromatic heterocycles. The Morgan fingerprint density at radius 3 is 2.89 bits per heavy atom. The largest absolute Gasteiger partial charge is 0.383 e. The maximum atomic E-state index is 11.8. The number of nitrogens with zero attached hydrogens (tertiary/aromatic N) is 2. The van der Waals surface area contributed by atoms with Crippen LogP contribution in [-0.2, 0) is 7.05 Å². The van der Waals surface area contributed by atoms with Crippen LogP contribution in [0, 0.1) is 5.92 Å². The van der Waals surface area contributed by atoms with Gasteiger partial charge >= 0.3 is 0 Å². The van der Waals surface area contributed by atoms with Crippen LogP contribution in [-0.4, -0.2) is 22.2 Å². The van der Waals surface area contributed by atoms with Crippen molar-refractivity contribution in [1.82, 2.24) is 15.1 Å². The quantitative estimate of drug-likeness (QED) is 0.781. The molecule has 18 heavy (non-hydrogen) atoms. The minimum Gasteiger partial charge on any atom is -0.383 e. The third-order valence-corrected chi connectivity index (χ3v) is 3.78. The predicted molar refractivity (Wildman–Crippen MR) is 71.1 cm³/mol. The van der Waals surface area contributed by atoms with Crippen molar-refractivity contribution in [2.24, 2.45) is 13.0 Å². The summed E-state index contributed by atoms with van der Waals surface area (Å²) in [5.41, 5.74) is 6.22. The van der Waals surface area contributed by atoms with Crippen molar-refractivity contribution in [3.05, 3.63) is 11.8 Å². The van der Waals surface area contributed by atoms with Crippen LogP contribution in [0.1, 0.15) is 48.9 Å². The number of aromatic nitrogens is 2. The highest BCUT2D eigenvalue weighted by molar-refractivity contribution is 5.98. The van der Waals surface area contributed by atoms with Crippen molar-refractivity contribution in [2.75, 3.05) is 12.3 Å². The van der Waals surface area contributed by atoms with Crippen molar-refractivity contribution in [3.8, 4) is 0 Å². The van der Waals surface area contributed by atoms with Gasteiger partial charge in [0.25, 0.3) is 5.91 Å². The van der Waals surface area contributed by atoms with Gasteiger partial charge in [0.05, 0.1) is 6.20 Å². The van der Waals surface area contributed by atoms with Crippen molar-refractivity contribution in [2.45, 2.75) is 38.5 Å². The molecule has 1 heterocycles. The summed E-state index contributed by atoms with van der Waals surface area (Å²) in [6.07, 6.45) is 9.28. The molecule has 0 saturated heterocycles. The third kappa shape index (κ3) is 3.03. The third-order valence-electron chi connectivity index (χ3n) is 3.78. The normalized spacial score (nSPS) is 16.1. The van der Waals surface area contributed by atoms with Crippen LogP contribution in [0.4, 0.5) is 5.82 Å². The predicted octanol–water partition coefficient (Wildman–Crippen LogP) is 1.70. The summed E-state index contributed by atoms with van der Waals surface area (Å²) in [6.45, 7) is 0.726. The van der Waals surface area contributed by atoms with E-state index in [1.807, 2.05) is 0 Å². The molecule has 0 aliphatic heterocycles. The minimum absolute atomic E-state index is 0.118. The molecule has 2 rings (SSSR count). The second-order valence-corrected chi connectivity index (χ2v) is 5.12. The Morgan fingerprint density at radius 2 is 2.28 bits per heavy atom. The van der Waals surface area contributed by atoms with E-state index in [0.717, 1.165) is 18.9 Å². The smallest absolute Gasteiger partial charge is 0.256 e. The fourth-order valence-electron chi connectivity index (χ4n) is 2.61. The lowest BCUT2D eigenvalue weighted by Crippen LogP contribution is -2.25. The van der Waals surface area contributed by atoms with Crippen LogP contribution >= 0.6 is 0 Å². The van der Waals surface area contributed by atoms with Crippen molar-refractivity contribution >= 4 is 11.7 Å². The first kappa shape index (κ1) is 12.9. The first-order valence-corrected chi connectivity index (χ1v) is 6.74. The van der Waals surface area contributed by atoms with Gasteiger partial charge in [0.15, 0.2) is 0 Å². The van der Waals surface area contributed by atoms with Crippen LogP contribution < -0.4 is 11.1 Å². The van der Waals surface area contributed by atoms with Crippen LogP contribution in [0.25, 0.3) is 0 Å². The summed E-state index contributed by atoms with van der Waals surface area (Å²) in [4.78, 5) is 11.8. The average molecular weight is 250 g/mol. The lowest BCUT2D eigenvalue weighted by Gasteiger charge is -2.09. The number of nitrogens with two attached hydrogens (primary N) is 1. The molecule has 1 aromatic rings. The Kier molecular flexibility index (Phi) is 4.23. The van der Waals surface area contributed by atoms with E-state index in [-0.39, 0.29) is 5.91 Å². The number of hydrogen-bond acceptors (Lipinski definition) is 3. The Labute approximate surface area is 108 Å². The molecule has 5 nitrogen and oxygen atoms in total. The topological polar surface area (TPSA) is 72.9 Å². The van der Waals surface area contributed by atoms with Crippen LogP contribution in [0.15, 0.2) is 6.20 Å². The van der Waals surface area contributed by atoms with Crippen LogP contribution in [0.5, 0.6) is 0 Å². The summed E-state index contributed by atoms with van der Waals surface area (Å²) in [5.74, 6) is 1.18. The zero-order valence-corrected chi connectivity index (χ0v) is 11.0. The van der Waals surface area contributed by atoms with E-state index >= 15 is 0 Å². The van der Waals surface area contributed by atoms with Gasteiger partial charge in [-0.1, -0.05) is 25.7 Å². The number of nitrogen functional groups attached to an aromatic ring is 1. The second-order valence-electron chi connectivity index (χ2n) is 5.12. The maximum Gasteiger partial charge on any atom is 0.256 e. The summed E-state index contributed by atoms with van der Waals surface area (Å²) in [5, 5.41) is 6.86. The first-order chi connectivity index (χ1) is 8.68. The highest BCUT2D eigenvalue weighted by Gasteiger charge is 2.15. The monoisotopic (exact) mass is 250 g/mol. The lowest BCUT2D eigenvalue weighted by atomic mass is 10.0. The molecule has 5 heteroatoms. The average Bonchev–Trinajstić information content (AvgIpc) is 2.97. The SMILES string of the molecule is Cn1ncc(C(=O)NCCCC2CCCC2)c1N. The molecule has 0 atom stereocenters. The van der Waals surface area contributed by atoms with E-state index in [1.54, 1.807) is 7.05 Å². The molecular weight excluding hydrogens is 228 g/mol. The Bertz CT molecular complexity index is 407. The number of hydrogen-bond donors (Lipinski definition) is 2. The van der Waals surface area contributed by atoms with Gasteiger partial charge in [-0.3, -0.25) is 9.48 Å². The molecule has 1 aliphatic carbocycles. The van der Waals surface area contributed by atoms with Crippen LogP contribution in [0.2, 0.25) is 0 Å². The van der Waals surface area contributed by atoms with Gasteiger partial charge in [-0.2, -0.15) is 5.10 Å². The van der Waals surface area contributed by atoms with Crippen molar-refractivity contribution in [1.29, 1.82) is 0 Å². The van der Waals surface area contributed by atoms with E-state index in [0.29, 0.717) is 11.4 Å². The Hall–Kier alpha value is -1.52. The molecule has 100 valence electrons. The second kappa shape index (κ2) is 5.89. The standard InChI is InChI=1S/C13H22N4O/c1-17-12(14)11(9-16-17)13(18)15-8-4-7-10-5-2-3-6-10/h9-10H,2-8,14H2,1H3,(H,15,18). The van der Waals surface area contributed by atoms with Gasteiger partial charge in [-0.25, -0.2) is 0 Å². The zero-order valence-electron chi connectivity index (χ0n) is 11.0. The fourth-order valence-corrected chi connectivity index (χ4v) is 2.61. The number of amides is 1. The van der Waals surface area contributed by atoms with E-state index in [9.17, 15) is 4.79 Å². The van der Waals surface area contributed by atoms with Gasteiger partial charge in [0.1, 0.15) is 11.4 Å². The molecular formula is C13H22N4O. The number of nitrogens with one attached hydrogen (secondary N) is 1. The molecule has 0 radical (unpaired) electrons. The zero-order chi connectivity index (χ0) is 13.0. The van der Waals surface area contributed by atoms with Gasteiger partial charge in [0, 0.05) is 13.6 Å². The minimum atomic E-state index is -0.118. The van der Waals surface area contributed by atoms with Crippen LogP contribution in [0.3, 0.4) is 0 Å². The maximum absolute atomic E-state index is 11.8. The highest BCUT2D eigenvalue weighted by Crippen LogP contribution is 2.28. The first-order valence-electron chi connectivity index (χ1n) is 6.74. The molecule has 1 amide bonds. The number of carbonyl (C=O) groups is 1. The molecule has 0 aromatic carbocycles. The molecule has 0 bridgehead atoms. The van der Waals surface area contributed by atoms with E-state index in [4.69, 9.17) is 5.73 Å². The number of carbonyl (C=O) groups excluding carboxylic acids is 1. The van der Waals surface area contributed by atoms with Gasteiger partial charge in [-0.05, 0) is 18.8 Å². The molecule has 1 saturated carbocycles. The Balaban J connectivity index is 1.70.